The van der Waals surface area contributed by atoms with Crippen LogP contribution in [0.5, 0.6) is 17.2 Å². The van der Waals surface area contributed by atoms with Crippen LogP contribution >= 0.6 is 11.3 Å². The van der Waals surface area contributed by atoms with Crippen molar-refractivity contribution in [3.63, 3.8) is 0 Å². The number of thiazole rings is 1. The maximum Gasteiger partial charge on any atom is 0.271 e. The van der Waals surface area contributed by atoms with E-state index in [1.165, 1.54) is 23.0 Å². The van der Waals surface area contributed by atoms with E-state index >= 15 is 0 Å². The van der Waals surface area contributed by atoms with Crippen LogP contribution in [0.3, 0.4) is 0 Å². The van der Waals surface area contributed by atoms with Gasteiger partial charge in [0.15, 0.2) is 16.3 Å². The summed E-state index contributed by atoms with van der Waals surface area (Å²) >= 11 is 1.37. The summed E-state index contributed by atoms with van der Waals surface area (Å²) in [4.78, 5) is 19.9. The Hall–Kier alpha value is -4.95. The SMILES string of the molecule is COc1cc(/C=c2\sc3n(c2=O)[C@@H](c2ccccc2OC)C2=C(N=3)c3ccccc3CC2)ccc1OCc1ccccc1F. The third-order valence-corrected chi connectivity index (χ3v) is 9.12. The van der Waals surface area contributed by atoms with E-state index in [2.05, 4.69) is 18.2 Å². The summed E-state index contributed by atoms with van der Waals surface area (Å²) in [6.45, 7) is 0.0672. The first kappa shape index (κ1) is 27.9. The molecule has 0 saturated heterocycles. The molecule has 2 aliphatic rings. The van der Waals surface area contributed by atoms with E-state index < -0.39 is 0 Å². The average Bonchev–Trinajstić information content (AvgIpc) is 3.37. The van der Waals surface area contributed by atoms with Crippen LogP contribution in [0.25, 0.3) is 11.8 Å². The molecular formula is C36H29FN2O4S. The monoisotopic (exact) mass is 604 g/mol. The zero-order valence-corrected chi connectivity index (χ0v) is 25.1. The minimum Gasteiger partial charge on any atom is -0.496 e. The van der Waals surface area contributed by atoms with Gasteiger partial charge >= 0.3 is 0 Å². The van der Waals surface area contributed by atoms with Crippen LogP contribution in [0.4, 0.5) is 4.39 Å². The molecule has 220 valence electrons. The zero-order valence-electron chi connectivity index (χ0n) is 24.2. The Kier molecular flexibility index (Phi) is 7.36. The summed E-state index contributed by atoms with van der Waals surface area (Å²) in [5.74, 6) is 1.38. The van der Waals surface area contributed by atoms with Crippen LogP contribution in [-0.4, -0.2) is 18.8 Å². The van der Waals surface area contributed by atoms with Crippen molar-refractivity contribution in [1.29, 1.82) is 0 Å². The van der Waals surface area contributed by atoms with Crippen LogP contribution in [0.15, 0.2) is 106 Å². The fraction of sp³-hybridized carbons (Fsp3) is 0.167. The summed E-state index contributed by atoms with van der Waals surface area (Å²) < 4.78 is 33.7. The fourth-order valence-corrected chi connectivity index (χ4v) is 7.01. The van der Waals surface area contributed by atoms with Crippen LogP contribution in [0.2, 0.25) is 0 Å². The van der Waals surface area contributed by atoms with Crippen molar-refractivity contribution >= 4 is 23.1 Å². The number of fused-ring (bicyclic) bond motifs is 3. The van der Waals surface area contributed by atoms with Gasteiger partial charge in [0, 0.05) is 16.7 Å². The number of ether oxygens (including phenoxy) is 3. The van der Waals surface area contributed by atoms with Crippen molar-refractivity contribution in [2.24, 2.45) is 4.99 Å². The molecule has 4 aromatic carbocycles. The second-order valence-electron chi connectivity index (χ2n) is 10.6. The number of allylic oxidation sites excluding steroid dienone is 1. The molecule has 2 heterocycles. The first-order chi connectivity index (χ1) is 21.6. The third-order valence-electron chi connectivity index (χ3n) is 8.13. The molecule has 0 fully saturated rings. The van der Waals surface area contributed by atoms with E-state index in [4.69, 9.17) is 19.2 Å². The molecule has 0 amide bonds. The van der Waals surface area contributed by atoms with Crippen LogP contribution < -0.4 is 29.1 Å². The highest BCUT2D eigenvalue weighted by Gasteiger charge is 2.34. The number of rotatable bonds is 7. The number of methoxy groups -OCH3 is 2. The number of aromatic nitrogens is 1. The largest absolute Gasteiger partial charge is 0.496 e. The smallest absolute Gasteiger partial charge is 0.271 e. The molecule has 1 aliphatic heterocycles. The summed E-state index contributed by atoms with van der Waals surface area (Å²) in [5.41, 5.74) is 6.47. The summed E-state index contributed by atoms with van der Waals surface area (Å²) in [5, 5.41) is 0. The maximum atomic E-state index is 14.2. The van der Waals surface area contributed by atoms with Gasteiger partial charge in [0.05, 0.1) is 30.5 Å². The van der Waals surface area contributed by atoms with Gasteiger partial charge in [-0.05, 0) is 59.9 Å². The van der Waals surface area contributed by atoms with Crippen LogP contribution in [0.1, 0.15) is 40.3 Å². The molecule has 0 spiro atoms. The minimum absolute atomic E-state index is 0.0672. The Morgan fingerprint density at radius 3 is 2.52 bits per heavy atom. The van der Waals surface area contributed by atoms with Gasteiger partial charge in [0.1, 0.15) is 18.2 Å². The number of hydrogen-bond donors (Lipinski definition) is 0. The Bertz CT molecular complexity index is 2110. The number of hydrogen-bond acceptors (Lipinski definition) is 6. The first-order valence-corrected chi connectivity index (χ1v) is 15.2. The van der Waals surface area contributed by atoms with Gasteiger partial charge in [0.25, 0.3) is 5.56 Å². The van der Waals surface area contributed by atoms with Crippen molar-refractivity contribution in [3.05, 3.63) is 150 Å². The number of halogens is 1. The van der Waals surface area contributed by atoms with E-state index in [0.717, 1.165) is 46.6 Å². The molecule has 1 aromatic heterocycles. The fourth-order valence-electron chi connectivity index (χ4n) is 6.01. The summed E-state index contributed by atoms with van der Waals surface area (Å²) in [7, 11) is 3.21. The number of nitrogens with zero attached hydrogens (tertiary/aromatic N) is 2. The second kappa shape index (κ2) is 11.6. The average molecular weight is 605 g/mol. The van der Waals surface area contributed by atoms with Crippen LogP contribution in [-0.2, 0) is 13.0 Å². The Labute approximate surface area is 257 Å². The lowest BCUT2D eigenvalue weighted by atomic mass is 9.83. The molecule has 7 rings (SSSR count). The second-order valence-corrected chi connectivity index (χ2v) is 11.7. The Balaban J connectivity index is 1.33. The van der Waals surface area contributed by atoms with Gasteiger partial charge in [-0.2, -0.15) is 0 Å². The normalized spacial score (nSPS) is 15.6. The standard InChI is InChI=1S/C36H29FN2O4S/c1-41-29-14-8-6-12-26(29)34-27-17-16-23-9-3-5-11-25(23)33(27)38-36-39(34)35(40)32(44-36)20-22-15-18-30(31(19-22)42-2)43-21-24-10-4-7-13-28(24)37/h3-15,18-20,34H,16-17,21H2,1-2H3/b32-20-/t34-/m0/s1. The van der Waals surface area contributed by atoms with Gasteiger partial charge < -0.3 is 14.2 Å². The van der Waals surface area contributed by atoms with Gasteiger partial charge in [-0.25, -0.2) is 9.38 Å². The van der Waals surface area contributed by atoms with Crippen molar-refractivity contribution in [2.45, 2.75) is 25.5 Å². The lowest BCUT2D eigenvalue weighted by Gasteiger charge is -2.31. The highest BCUT2D eigenvalue weighted by atomic mass is 32.1. The summed E-state index contributed by atoms with van der Waals surface area (Å²) in [6.07, 6.45) is 3.53. The van der Waals surface area contributed by atoms with Crippen molar-refractivity contribution in [2.75, 3.05) is 14.2 Å². The van der Waals surface area contributed by atoms with Gasteiger partial charge in [-0.3, -0.25) is 9.36 Å². The molecular weight excluding hydrogens is 575 g/mol. The molecule has 0 bridgehead atoms. The predicted octanol–water partition coefficient (Wildman–Crippen LogP) is 6.05. The van der Waals surface area contributed by atoms with Gasteiger partial charge in [0.2, 0.25) is 0 Å². The van der Waals surface area contributed by atoms with E-state index in [0.29, 0.717) is 26.4 Å². The molecule has 8 heteroatoms. The molecule has 6 nitrogen and oxygen atoms in total. The third kappa shape index (κ3) is 4.91. The highest BCUT2D eigenvalue weighted by Crippen LogP contribution is 2.43. The van der Waals surface area contributed by atoms with E-state index in [1.807, 2.05) is 53.1 Å². The maximum absolute atomic E-state index is 14.2. The Morgan fingerprint density at radius 1 is 0.909 bits per heavy atom. The summed E-state index contributed by atoms with van der Waals surface area (Å²) in [6, 6.07) is 27.9. The molecule has 5 aromatic rings. The molecule has 0 unspecified atom stereocenters. The predicted molar refractivity (Wildman–Crippen MR) is 169 cm³/mol. The molecule has 44 heavy (non-hydrogen) atoms. The number of para-hydroxylation sites is 1. The molecule has 0 N–H and O–H groups in total. The lowest BCUT2D eigenvalue weighted by molar-refractivity contribution is 0.279. The number of benzene rings is 4. The molecule has 1 atom stereocenters. The topological polar surface area (TPSA) is 62.0 Å². The highest BCUT2D eigenvalue weighted by molar-refractivity contribution is 7.07. The van der Waals surface area contributed by atoms with E-state index in [1.54, 1.807) is 38.5 Å². The zero-order chi connectivity index (χ0) is 30.2. The van der Waals surface area contributed by atoms with Gasteiger partial charge in [-0.1, -0.05) is 78.1 Å². The van der Waals surface area contributed by atoms with Crippen molar-refractivity contribution in [3.8, 4) is 17.2 Å². The van der Waals surface area contributed by atoms with Crippen molar-refractivity contribution < 1.29 is 18.6 Å². The lowest BCUT2D eigenvalue weighted by Crippen LogP contribution is -2.39. The molecule has 0 radical (unpaired) electrons. The molecule has 1 aliphatic carbocycles. The van der Waals surface area contributed by atoms with Gasteiger partial charge in [-0.15, -0.1) is 0 Å². The van der Waals surface area contributed by atoms with Crippen LogP contribution in [0, 0.1) is 5.82 Å². The Morgan fingerprint density at radius 2 is 1.68 bits per heavy atom. The quantitative estimate of drug-likeness (QED) is 0.227. The van der Waals surface area contributed by atoms with E-state index in [-0.39, 0.29) is 24.0 Å². The molecule has 0 saturated carbocycles. The van der Waals surface area contributed by atoms with Crippen molar-refractivity contribution in [1.82, 2.24) is 4.57 Å². The first-order valence-electron chi connectivity index (χ1n) is 14.4. The number of aryl methyl sites for hydroxylation is 1. The van der Waals surface area contributed by atoms with E-state index in [9.17, 15) is 9.18 Å². The minimum atomic E-state index is -0.336.